The number of amides is 5. The summed E-state index contributed by atoms with van der Waals surface area (Å²) in [7, 11) is 3.18. The summed E-state index contributed by atoms with van der Waals surface area (Å²) >= 11 is 6.40. The molecule has 0 unspecified atom stereocenters. The summed E-state index contributed by atoms with van der Waals surface area (Å²) in [4.78, 5) is 82.4. The summed E-state index contributed by atoms with van der Waals surface area (Å²) in [5.41, 5.74) is 11.9. The number of urea groups is 1. The van der Waals surface area contributed by atoms with Gasteiger partial charge in [0, 0.05) is 62.8 Å². The van der Waals surface area contributed by atoms with Gasteiger partial charge in [0.1, 0.15) is 35.7 Å². The number of carbonyl (C=O) groups excluding carboxylic acids is 4. The van der Waals surface area contributed by atoms with E-state index < -0.39 is 23.8 Å². The molecule has 3 N–H and O–H groups in total. The summed E-state index contributed by atoms with van der Waals surface area (Å²) in [6, 6.07) is 23.6. The minimum atomic E-state index is -0.585. The van der Waals surface area contributed by atoms with E-state index in [1.165, 1.54) is 23.2 Å². The number of fused-ring (bicyclic) bond motifs is 9. The Labute approximate surface area is 527 Å². The summed E-state index contributed by atoms with van der Waals surface area (Å²) in [6.45, 7) is 17.9. The number of nitrogen functional groups attached to an aromatic ring is 1. The largest absolute Gasteiger partial charge is 0.497 e. The first-order valence-electron chi connectivity index (χ1n) is 30.2. The predicted molar refractivity (Wildman–Crippen MR) is 335 cm³/mol. The molecule has 6 heterocycles. The van der Waals surface area contributed by atoms with Crippen LogP contribution in [0.5, 0.6) is 11.5 Å². The number of nitrogens with zero attached hydrogens (tertiary/aromatic N) is 11. The van der Waals surface area contributed by atoms with Gasteiger partial charge in [-0.3, -0.25) is 24.3 Å². The third-order valence-corrected chi connectivity index (χ3v) is 16.3. The third kappa shape index (κ3) is 15.1. The summed E-state index contributed by atoms with van der Waals surface area (Å²) < 4.78 is 51.4. The van der Waals surface area contributed by atoms with E-state index in [4.69, 9.17) is 62.3 Å². The molecule has 90 heavy (non-hydrogen) atoms. The molecule has 0 saturated carbocycles. The number of ether oxygens (including phenoxy) is 6. The van der Waals surface area contributed by atoms with Crippen LogP contribution in [0.3, 0.4) is 0 Å². The van der Waals surface area contributed by atoms with Gasteiger partial charge >= 0.3 is 11.8 Å². The Balaban J connectivity index is 0.633. The molecule has 2 aromatic heterocycles. The van der Waals surface area contributed by atoms with Crippen LogP contribution < -0.4 is 25.4 Å². The van der Waals surface area contributed by atoms with Crippen LogP contribution >= 0.6 is 11.6 Å². The molecule has 2 fully saturated rings. The van der Waals surface area contributed by atoms with Gasteiger partial charge in [-0.25, -0.2) is 19.2 Å². The first kappa shape index (κ1) is 64.3. The maximum atomic E-state index is 15.1. The normalized spacial score (nSPS) is 17.3. The third-order valence-electron chi connectivity index (χ3n) is 16.0. The second kappa shape index (κ2) is 29.7. The number of aliphatic imine (C=N–C) groups is 1. The van der Waals surface area contributed by atoms with Crippen molar-refractivity contribution in [2.45, 2.75) is 77.4 Å². The number of halogens is 2. The molecule has 3 atom stereocenters. The second-order valence-electron chi connectivity index (χ2n) is 22.6. The zero-order chi connectivity index (χ0) is 63.4. The fourth-order valence-corrected chi connectivity index (χ4v) is 11.7. The Hall–Kier alpha value is -8.73. The van der Waals surface area contributed by atoms with E-state index in [1.54, 1.807) is 57.8 Å². The van der Waals surface area contributed by atoms with E-state index >= 15 is 9.18 Å². The molecule has 4 aromatic carbocycles. The highest BCUT2D eigenvalue weighted by molar-refractivity contribution is 6.30. The van der Waals surface area contributed by atoms with E-state index in [0.717, 1.165) is 23.1 Å². The quantitative estimate of drug-likeness (QED) is 0.0427. The van der Waals surface area contributed by atoms with Gasteiger partial charge in [0.25, 0.3) is 5.91 Å². The standard InChI is InChI=1S/C65H75ClFN13O10/c1-41(2)90-54-37-49(85-6)17-18-50(54)62-73-58(43-11-9-42(3)10-12-43)59(44-13-15-47(66)16-14-44)80(62)65(84)77-24-23-76(56(82)40-77)25-27-87-29-31-89-33-32-88-30-28-86-26-19-55(81)70-20-22-79-53-39-75(5)64(83)46-34-45(35-48(67)36-46)52-8-7-21-78(52)63-60(68)71-38-51(72-63)57(53)61(69-4)74-79/h9-18,34-38,41,52,58-59H,7-8,19-33,39-40H2,1-3,5-6H3,(H2,68,71)(H,70,81)/t52-,58+,59-/m1/s1. The van der Waals surface area contributed by atoms with E-state index in [0.29, 0.717) is 122 Å². The van der Waals surface area contributed by atoms with Gasteiger partial charge < -0.3 is 63.9 Å². The maximum Gasteiger partial charge on any atom is 0.326 e. The Morgan fingerprint density at radius 3 is 2.27 bits per heavy atom. The zero-order valence-electron chi connectivity index (χ0n) is 51.2. The summed E-state index contributed by atoms with van der Waals surface area (Å²) in [5, 5.41) is 8.02. The number of rotatable bonds is 24. The number of methoxy groups -OCH3 is 1. The number of amidine groups is 1. The number of benzene rings is 4. The zero-order valence-corrected chi connectivity index (χ0v) is 52.0. The van der Waals surface area contributed by atoms with Crippen LogP contribution in [0.25, 0.3) is 16.1 Å². The fourth-order valence-electron chi connectivity index (χ4n) is 11.6. The lowest BCUT2D eigenvalue weighted by atomic mass is 9.93. The highest BCUT2D eigenvalue weighted by Crippen LogP contribution is 2.47. The Kier molecular flexibility index (Phi) is 21.2. The number of hydrogen-bond donors (Lipinski definition) is 2. The van der Waals surface area contributed by atoms with Crippen molar-refractivity contribution in [2.24, 2.45) is 4.99 Å². The topological polar surface area (TPSA) is 238 Å². The number of nitrogens with one attached hydrogen (secondary N) is 1. The molecule has 4 aliphatic heterocycles. The molecule has 10 rings (SSSR count). The Bertz CT molecular complexity index is 3620. The van der Waals surface area contributed by atoms with Crippen molar-refractivity contribution in [1.29, 1.82) is 0 Å². The first-order chi connectivity index (χ1) is 43.6. The van der Waals surface area contributed by atoms with Crippen LogP contribution in [0.2, 0.25) is 5.02 Å². The van der Waals surface area contributed by atoms with Crippen molar-refractivity contribution in [3.05, 3.63) is 152 Å². The number of hydrogen-bond acceptors (Lipinski definition) is 16. The van der Waals surface area contributed by atoms with E-state index in [9.17, 15) is 14.4 Å². The predicted octanol–water partition coefficient (Wildman–Crippen LogP) is 8.38. The lowest BCUT2D eigenvalue weighted by Crippen LogP contribution is -2.56. The van der Waals surface area contributed by atoms with Gasteiger partial charge in [0.2, 0.25) is 11.8 Å². The van der Waals surface area contributed by atoms with E-state index in [1.807, 2.05) is 74.2 Å². The van der Waals surface area contributed by atoms with Crippen LogP contribution in [0, 0.1) is 19.3 Å². The number of aryl methyl sites for hydroxylation is 1. The molecule has 23 nitrogen and oxygen atoms in total. The van der Waals surface area contributed by atoms with Crippen molar-refractivity contribution >= 4 is 58.6 Å². The molecule has 0 spiro atoms. The Morgan fingerprint density at radius 1 is 0.856 bits per heavy atom. The highest BCUT2D eigenvalue weighted by atomic mass is 35.5. The minimum Gasteiger partial charge on any atom is -0.497 e. The molecular weight excluding hydrogens is 1180 g/mol. The average Bonchev–Trinajstić information content (AvgIpc) is 1.60. The van der Waals surface area contributed by atoms with Crippen molar-refractivity contribution in [3.63, 3.8) is 0 Å². The van der Waals surface area contributed by atoms with Crippen LogP contribution in [0.1, 0.15) is 95.1 Å². The highest BCUT2D eigenvalue weighted by Gasteiger charge is 2.46. The number of piperazine rings is 1. The summed E-state index contributed by atoms with van der Waals surface area (Å²) in [6.07, 6.45) is 2.86. The summed E-state index contributed by atoms with van der Waals surface area (Å²) in [5.74, 6) is 0.738. The molecule has 0 radical (unpaired) electrons. The molecule has 474 valence electrons. The molecule has 2 saturated heterocycles. The molecule has 5 amide bonds. The van der Waals surface area contributed by atoms with Gasteiger partial charge in [-0.1, -0.05) is 60.1 Å². The number of anilines is 2. The fraction of sp³-hybridized carbons (Fsp3) is 0.431. The molecule has 4 aliphatic rings. The van der Waals surface area contributed by atoms with E-state index in [-0.39, 0.29) is 99.6 Å². The number of nitrogens with two attached hydrogens (primary N) is 1. The van der Waals surface area contributed by atoms with Gasteiger partial charge in [0.15, 0.2) is 11.6 Å². The average molecular weight is 1250 g/mol. The second-order valence-corrected chi connectivity index (χ2v) is 23.0. The van der Waals surface area contributed by atoms with Crippen LogP contribution in [-0.4, -0.2) is 181 Å². The van der Waals surface area contributed by atoms with Crippen molar-refractivity contribution in [2.75, 3.05) is 117 Å². The number of aromatic nitrogens is 4. The Morgan fingerprint density at radius 2 is 1.57 bits per heavy atom. The van der Waals surface area contributed by atoms with Crippen LogP contribution in [0.15, 0.2) is 96.1 Å². The smallest absolute Gasteiger partial charge is 0.326 e. The van der Waals surface area contributed by atoms with Gasteiger partial charge in [0.05, 0.1) is 120 Å². The van der Waals surface area contributed by atoms with Gasteiger partial charge in [-0.15, -0.1) is 0 Å². The van der Waals surface area contributed by atoms with E-state index in [2.05, 4.69) is 20.2 Å². The van der Waals surface area contributed by atoms with Crippen molar-refractivity contribution < 1.29 is 52.0 Å². The lowest BCUT2D eigenvalue weighted by Gasteiger charge is -2.38. The molecule has 0 aliphatic carbocycles. The van der Waals surface area contributed by atoms with Gasteiger partial charge in [-0.05, 0) is 97.9 Å². The molecule has 25 heteroatoms. The number of carbonyl (C=O) groups is 4. The molecule has 6 aromatic rings. The molecular formula is C65H75ClFN13O10. The van der Waals surface area contributed by atoms with Crippen molar-refractivity contribution in [1.82, 2.24) is 44.7 Å². The molecule has 4 bridgehead atoms. The van der Waals surface area contributed by atoms with Crippen LogP contribution in [0.4, 0.5) is 26.6 Å². The monoisotopic (exact) mass is 1250 g/mol. The minimum absolute atomic E-state index is 0.00748. The first-order valence-corrected chi connectivity index (χ1v) is 30.6. The SMILES string of the molecule is [C-]#[N+]c1nn(CCNC(=O)CCOCCOCCOCCOCCN2CCN(C(=O)N3C(c4ccc(OC)cc4OC(C)C)=N[C@@H](c4ccc(C)cc4)[C@H]3c3ccc(Cl)cc3)CC2=O)c2c1-c1cnc(N)c(n1)N1CCC[C@@H]1c1cc(F)cc(c1)C(=O)N(C)C2. The van der Waals surface area contributed by atoms with Crippen LogP contribution in [-0.2, 0) is 41.6 Å². The van der Waals surface area contributed by atoms with Gasteiger partial charge in [-0.2, -0.15) is 4.68 Å². The van der Waals surface area contributed by atoms with Crippen molar-refractivity contribution in [3.8, 4) is 22.8 Å². The maximum absolute atomic E-state index is 15.1. The lowest BCUT2D eigenvalue weighted by molar-refractivity contribution is -0.135.